The maximum Gasteiger partial charge on any atom is 0.133 e. The van der Waals surface area contributed by atoms with Crippen molar-refractivity contribution in [3.05, 3.63) is 40.6 Å². The van der Waals surface area contributed by atoms with E-state index in [0.717, 1.165) is 12.1 Å². The monoisotopic (exact) mass is 267 g/mol. The first kappa shape index (κ1) is 13.3. The van der Waals surface area contributed by atoms with Crippen LogP contribution in [0.4, 0.5) is 14.6 Å². The highest BCUT2D eigenvalue weighted by atomic mass is 19.1. The summed E-state index contributed by atoms with van der Waals surface area (Å²) in [7, 11) is 3.05. The summed E-state index contributed by atoms with van der Waals surface area (Å²) < 4.78 is 34.0. The Labute approximate surface area is 109 Å². The molecule has 0 aliphatic heterocycles. The Balaban J connectivity index is 2.44. The van der Waals surface area contributed by atoms with E-state index in [1.807, 2.05) is 0 Å². The highest BCUT2D eigenvalue weighted by molar-refractivity contribution is 5.46. The number of aromatic nitrogens is 2. The van der Waals surface area contributed by atoms with Gasteiger partial charge in [0.25, 0.3) is 0 Å². The zero-order chi connectivity index (χ0) is 14.2. The molecule has 6 heteroatoms. The molecule has 0 saturated carbocycles. The molecule has 0 amide bonds. The molecule has 0 bridgehead atoms. The van der Waals surface area contributed by atoms with Crippen LogP contribution in [0.5, 0.6) is 5.75 Å². The van der Waals surface area contributed by atoms with Gasteiger partial charge in [-0.2, -0.15) is 5.10 Å². The standard InChI is InChI=1S/C13H15F2N3O/c1-7-9(13(16)18(2)17-7)6-10-11(14)4-8(19-3)5-12(10)15/h4-5H,6,16H2,1-3H3. The van der Waals surface area contributed by atoms with Crippen molar-refractivity contribution < 1.29 is 13.5 Å². The van der Waals surface area contributed by atoms with Crippen LogP contribution in [0.2, 0.25) is 0 Å². The van der Waals surface area contributed by atoms with Crippen molar-refractivity contribution >= 4 is 5.82 Å². The molecule has 0 radical (unpaired) electrons. The summed E-state index contributed by atoms with van der Waals surface area (Å²) >= 11 is 0. The lowest BCUT2D eigenvalue weighted by molar-refractivity contribution is 0.405. The number of ether oxygens (including phenoxy) is 1. The van der Waals surface area contributed by atoms with Crippen molar-refractivity contribution in [1.82, 2.24) is 9.78 Å². The number of nitrogens with two attached hydrogens (primary N) is 1. The van der Waals surface area contributed by atoms with Crippen LogP contribution in [0.1, 0.15) is 16.8 Å². The number of nitrogen functional groups attached to an aromatic ring is 1. The minimum absolute atomic E-state index is 0.0383. The Hall–Kier alpha value is -2.11. The third-order valence-electron chi connectivity index (χ3n) is 3.10. The molecule has 0 atom stereocenters. The zero-order valence-electron chi connectivity index (χ0n) is 11.0. The van der Waals surface area contributed by atoms with Gasteiger partial charge in [0.05, 0.1) is 12.8 Å². The van der Waals surface area contributed by atoms with Gasteiger partial charge >= 0.3 is 0 Å². The molecule has 4 nitrogen and oxygen atoms in total. The van der Waals surface area contributed by atoms with Gasteiger partial charge in [0.1, 0.15) is 23.2 Å². The third-order valence-corrected chi connectivity index (χ3v) is 3.10. The fraction of sp³-hybridized carbons (Fsp3) is 0.308. The Kier molecular flexibility index (Phi) is 3.42. The maximum atomic E-state index is 13.9. The second-order valence-electron chi connectivity index (χ2n) is 4.32. The summed E-state index contributed by atoms with van der Waals surface area (Å²) in [4.78, 5) is 0. The van der Waals surface area contributed by atoms with Gasteiger partial charge in [0.2, 0.25) is 0 Å². The van der Waals surface area contributed by atoms with Gasteiger partial charge in [0, 0.05) is 36.7 Å². The number of anilines is 1. The molecule has 2 rings (SSSR count). The Morgan fingerprint density at radius 2 is 1.84 bits per heavy atom. The first-order valence-corrected chi connectivity index (χ1v) is 5.74. The van der Waals surface area contributed by atoms with E-state index in [0.29, 0.717) is 17.1 Å². The van der Waals surface area contributed by atoms with Crippen LogP contribution >= 0.6 is 0 Å². The number of halogens is 2. The molecule has 0 aliphatic carbocycles. The summed E-state index contributed by atoms with van der Waals surface area (Å²) in [5.41, 5.74) is 7.09. The van der Waals surface area contributed by atoms with E-state index in [9.17, 15) is 8.78 Å². The lowest BCUT2D eigenvalue weighted by Gasteiger charge is -2.08. The molecule has 1 aromatic heterocycles. The highest BCUT2D eigenvalue weighted by Crippen LogP contribution is 2.26. The van der Waals surface area contributed by atoms with Gasteiger partial charge in [-0.25, -0.2) is 8.78 Å². The summed E-state index contributed by atoms with van der Waals surface area (Å²) in [6, 6.07) is 2.31. The van der Waals surface area contributed by atoms with Crippen molar-refractivity contribution in [1.29, 1.82) is 0 Å². The van der Waals surface area contributed by atoms with Crippen LogP contribution < -0.4 is 10.5 Å². The molecule has 0 aliphatic rings. The smallest absolute Gasteiger partial charge is 0.133 e. The number of hydrogen-bond donors (Lipinski definition) is 1. The molecule has 0 spiro atoms. The largest absolute Gasteiger partial charge is 0.497 e. The summed E-state index contributed by atoms with van der Waals surface area (Å²) in [5, 5.41) is 4.12. The van der Waals surface area contributed by atoms with Crippen molar-refractivity contribution in [3.8, 4) is 5.75 Å². The normalized spacial score (nSPS) is 10.8. The topological polar surface area (TPSA) is 53.1 Å². The van der Waals surface area contributed by atoms with E-state index in [-0.39, 0.29) is 17.7 Å². The van der Waals surface area contributed by atoms with Crippen LogP contribution in [0, 0.1) is 18.6 Å². The van der Waals surface area contributed by atoms with Gasteiger partial charge in [-0.05, 0) is 6.92 Å². The van der Waals surface area contributed by atoms with Crippen LogP contribution in [0.15, 0.2) is 12.1 Å². The maximum absolute atomic E-state index is 13.9. The molecular weight excluding hydrogens is 252 g/mol. The third kappa shape index (κ3) is 2.38. The van der Waals surface area contributed by atoms with Crippen LogP contribution in [-0.2, 0) is 13.5 Å². The number of methoxy groups -OCH3 is 1. The van der Waals surface area contributed by atoms with E-state index < -0.39 is 11.6 Å². The molecule has 0 unspecified atom stereocenters. The first-order valence-electron chi connectivity index (χ1n) is 5.74. The highest BCUT2D eigenvalue weighted by Gasteiger charge is 2.17. The predicted octanol–water partition coefficient (Wildman–Crippen LogP) is 2.19. The zero-order valence-corrected chi connectivity index (χ0v) is 11.0. The Bertz CT molecular complexity index is 600. The molecule has 0 fully saturated rings. The number of rotatable bonds is 3. The van der Waals surface area contributed by atoms with Gasteiger partial charge in [-0.3, -0.25) is 4.68 Å². The van der Waals surface area contributed by atoms with Gasteiger partial charge in [0.15, 0.2) is 0 Å². The van der Waals surface area contributed by atoms with E-state index in [4.69, 9.17) is 10.5 Å². The summed E-state index contributed by atoms with van der Waals surface area (Å²) in [5.74, 6) is -0.749. The van der Waals surface area contributed by atoms with E-state index >= 15 is 0 Å². The van der Waals surface area contributed by atoms with Crippen molar-refractivity contribution in [3.63, 3.8) is 0 Å². The van der Waals surface area contributed by atoms with E-state index in [1.54, 1.807) is 14.0 Å². The minimum Gasteiger partial charge on any atom is -0.497 e. The van der Waals surface area contributed by atoms with E-state index in [2.05, 4.69) is 5.10 Å². The average Bonchev–Trinajstić information content (AvgIpc) is 2.59. The molecule has 1 aromatic carbocycles. The van der Waals surface area contributed by atoms with Crippen molar-refractivity contribution in [2.75, 3.05) is 12.8 Å². The minimum atomic E-state index is -0.653. The van der Waals surface area contributed by atoms with Crippen LogP contribution in [0.3, 0.4) is 0 Å². The van der Waals surface area contributed by atoms with E-state index in [1.165, 1.54) is 11.8 Å². The quantitative estimate of drug-likeness (QED) is 0.927. The fourth-order valence-electron chi connectivity index (χ4n) is 1.98. The lowest BCUT2D eigenvalue weighted by atomic mass is 10.0. The SMILES string of the molecule is COc1cc(F)c(Cc2c(C)nn(C)c2N)c(F)c1. The summed E-state index contributed by atoms with van der Waals surface area (Å²) in [6.07, 6.45) is 0.0627. The Morgan fingerprint density at radius 1 is 1.26 bits per heavy atom. The molecule has 102 valence electrons. The molecular formula is C13H15F2N3O. The molecule has 2 aromatic rings. The second-order valence-corrected chi connectivity index (χ2v) is 4.32. The van der Waals surface area contributed by atoms with Crippen LogP contribution in [0.25, 0.3) is 0 Å². The number of aryl methyl sites for hydroxylation is 2. The lowest BCUT2D eigenvalue weighted by Crippen LogP contribution is -2.03. The van der Waals surface area contributed by atoms with Gasteiger partial charge < -0.3 is 10.5 Å². The van der Waals surface area contributed by atoms with Crippen molar-refractivity contribution in [2.24, 2.45) is 7.05 Å². The summed E-state index contributed by atoms with van der Waals surface area (Å²) in [6.45, 7) is 1.75. The molecule has 2 N–H and O–H groups in total. The van der Waals surface area contributed by atoms with Crippen molar-refractivity contribution in [2.45, 2.75) is 13.3 Å². The molecule has 19 heavy (non-hydrogen) atoms. The Morgan fingerprint density at radius 3 is 2.26 bits per heavy atom. The molecule has 1 heterocycles. The first-order chi connectivity index (χ1) is 8.93. The fourth-order valence-corrected chi connectivity index (χ4v) is 1.98. The van der Waals surface area contributed by atoms with Gasteiger partial charge in [-0.15, -0.1) is 0 Å². The van der Waals surface area contributed by atoms with Gasteiger partial charge in [-0.1, -0.05) is 0 Å². The second kappa shape index (κ2) is 4.87. The average molecular weight is 267 g/mol. The predicted molar refractivity (Wildman–Crippen MR) is 68.1 cm³/mol. The number of hydrogen-bond acceptors (Lipinski definition) is 3. The number of benzene rings is 1. The number of nitrogens with zero attached hydrogens (tertiary/aromatic N) is 2. The molecule has 0 saturated heterocycles. The van der Waals surface area contributed by atoms with Crippen LogP contribution in [-0.4, -0.2) is 16.9 Å².